The summed E-state index contributed by atoms with van der Waals surface area (Å²) in [6.45, 7) is 2.76. The fourth-order valence-electron chi connectivity index (χ4n) is 1.68. The van der Waals surface area contributed by atoms with Gasteiger partial charge in [-0.15, -0.1) is 0 Å². The van der Waals surface area contributed by atoms with Crippen LogP contribution < -0.4 is 11.1 Å². The maximum Gasteiger partial charge on any atom is 0.150 e. The van der Waals surface area contributed by atoms with Gasteiger partial charge in [-0.3, -0.25) is 0 Å². The highest BCUT2D eigenvalue weighted by Crippen LogP contribution is 2.19. The standard InChI is InChI=1S/C12H14N6/c1-9(7-18-5-4-15-8-18)17-12-11(14)10(6-13)2-3-16-12/h2-5,8-9H,7,14H2,1H3,(H,16,17). The van der Waals surface area contributed by atoms with Gasteiger partial charge in [0.2, 0.25) is 0 Å². The van der Waals surface area contributed by atoms with Crippen molar-refractivity contribution < 1.29 is 0 Å². The fraction of sp³-hybridized carbons (Fsp3) is 0.250. The van der Waals surface area contributed by atoms with Crippen molar-refractivity contribution in [2.45, 2.75) is 19.5 Å². The first-order chi connectivity index (χ1) is 8.70. The van der Waals surface area contributed by atoms with Gasteiger partial charge in [0.15, 0.2) is 5.82 Å². The van der Waals surface area contributed by atoms with E-state index in [0.717, 1.165) is 6.54 Å². The summed E-state index contributed by atoms with van der Waals surface area (Å²) >= 11 is 0. The highest BCUT2D eigenvalue weighted by atomic mass is 15.1. The van der Waals surface area contributed by atoms with E-state index in [1.54, 1.807) is 24.8 Å². The molecule has 1 unspecified atom stereocenters. The van der Waals surface area contributed by atoms with Crippen LogP contribution in [-0.2, 0) is 6.54 Å². The van der Waals surface area contributed by atoms with Crippen LogP contribution in [0.3, 0.4) is 0 Å². The predicted octanol–water partition coefficient (Wildman–Crippen LogP) is 1.23. The third-order valence-electron chi connectivity index (χ3n) is 2.54. The molecule has 0 aliphatic carbocycles. The zero-order chi connectivity index (χ0) is 13.0. The number of nitrogens with two attached hydrogens (primary N) is 1. The first-order valence-electron chi connectivity index (χ1n) is 5.57. The summed E-state index contributed by atoms with van der Waals surface area (Å²) in [5.74, 6) is 0.543. The molecule has 0 bridgehead atoms. The van der Waals surface area contributed by atoms with Crippen molar-refractivity contribution >= 4 is 11.5 Å². The lowest BCUT2D eigenvalue weighted by Crippen LogP contribution is -2.22. The monoisotopic (exact) mass is 242 g/mol. The van der Waals surface area contributed by atoms with Crippen LogP contribution in [0.15, 0.2) is 31.0 Å². The van der Waals surface area contributed by atoms with Crippen molar-refractivity contribution in [3.05, 3.63) is 36.5 Å². The van der Waals surface area contributed by atoms with Crippen LogP contribution in [0.1, 0.15) is 12.5 Å². The number of pyridine rings is 1. The Morgan fingerprint density at radius 3 is 3.06 bits per heavy atom. The van der Waals surface area contributed by atoms with E-state index >= 15 is 0 Å². The lowest BCUT2D eigenvalue weighted by atomic mass is 10.2. The number of nitrogens with one attached hydrogen (secondary N) is 1. The van der Waals surface area contributed by atoms with Crippen LogP contribution in [0, 0.1) is 11.3 Å². The van der Waals surface area contributed by atoms with Gasteiger partial charge in [-0.1, -0.05) is 0 Å². The van der Waals surface area contributed by atoms with Crippen molar-refractivity contribution in [2.24, 2.45) is 0 Å². The third kappa shape index (κ3) is 2.58. The molecule has 6 nitrogen and oxygen atoms in total. The minimum atomic E-state index is 0.128. The molecule has 92 valence electrons. The van der Waals surface area contributed by atoms with Crippen molar-refractivity contribution in [2.75, 3.05) is 11.1 Å². The molecule has 0 aromatic carbocycles. The van der Waals surface area contributed by atoms with Crippen LogP contribution in [0.4, 0.5) is 11.5 Å². The average Bonchev–Trinajstić information content (AvgIpc) is 2.84. The SMILES string of the molecule is CC(Cn1ccnc1)Nc1nccc(C#N)c1N. The van der Waals surface area contributed by atoms with Gasteiger partial charge in [-0.2, -0.15) is 5.26 Å². The van der Waals surface area contributed by atoms with Crippen molar-refractivity contribution in [1.29, 1.82) is 5.26 Å². The first kappa shape index (κ1) is 11.9. The summed E-state index contributed by atoms with van der Waals surface area (Å²) < 4.78 is 1.96. The second-order valence-electron chi connectivity index (χ2n) is 4.04. The number of rotatable bonds is 4. The van der Waals surface area contributed by atoms with Gasteiger partial charge in [0.1, 0.15) is 6.07 Å². The number of anilines is 2. The number of aromatic nitrogens is 3. The highest BCUT2D eigenvalue weighted by molar-refractivity contribution is 5.69. The molecule has 0 fully saturated rings. The molecule has 0 radical (unpaired) electrons. The molecule has 2 aromatic rings. The van der Waals surface area contributed by atoms with Crippen LogP contribution in [0.25, 0.3) is 0 Å². The Balaban J connectivity index is 2.08. The van der Waals surface area contributed by atoms with Crippen LogP contribution in [0.2, 0.25) is 0 Å². The van der Waals surface area contributed by atoms with Gasteiger partial charge in [-0.05, 0) is 13.0 Å². The van der Waals surface area contributed by atoms with E-state index in [4.69, 9.17) is 11.0 Å². The summed E-state index contributed by atoms with van der Waals surface area (Å²) in [6.07, 6.45) is 6.94. The van der Waals surface area contributed by atoms with Gasteiger partial charge >= 0.3 is 0 Å². The van der Waals surface area contributed by atoms with Crippen molar-refractivity contribution in [1.82, 2.24) is 14.5 Å². The minimum absolute atomic E-state index is 0.128. The highest BCUT2D eigenvalue weighted by Gasteiger charge is 2.09. The molecular formula is C12H14N6. The summed E-state index contributed by atoms with van der Waals surface area (Å²) in [7, 11) is 0. The van der Waals surface area contributed by atoms with E-state index in [2.05, 4.69) is 15.3 Å². The Labute approximate surface area is 105 Å². The molecule has 3 N–H and O–H groups in total. The van der Waals surface area contributed by atoms with Crippen LogP contribution in [-0.4, -0.2) is 20.6 Å². The molecule has 0 aliphatic rings. The number of hydrogen-bond acceptors (Lipinski definition) is 5. The third-order valence-corrected chi connectivity index (χ3v) is 2.54. The molecule has 2 rings (SSSR count). The second-order valence-corrected chi connectivity index (χ2v) is 4.04. The van der Waals surface area contributed by atoms with E-state index in [-0.39, 0.29) is 6.04 Å². The van der Waals surface area contributed by atoms with E-state index in [9.17, 15) is 0 Å². The molecular weight excluding hydrogens is 228 g/mol. The predicted molar refractivity (Wildman–Crippen MR) is 68.7 cm³/mol. The van der Waals surface area contributed by atoms with Gasteiger partial charge in [0.25, 0.3) is 0 Å². The lowest BCUT2D eigenvalue weighted by molar-refractivity contribution is 0.617. The molecule has 6 heteroatoms. The normalized spacial score (nSPS) is 11.8. The van der Waals surface area contributed by atoms with Gasteiger partial charge in [-0.25, -0.2) is 9.97 Å². The largest absolute Gasteiger partial charge is 0.395 e. The smallest absolute Gasteiger partial charge is 0.150 e. The summed E-state index contributed by atoms with van der Waals surface area (Å²) in [6, 6.07) is 3.76. The molecule has 2 aromatic heterocycles. The maximum absolute atomic E-state index is 8.89. The summed E-state index contributed by atoms with van der Waals surface area (Å²) in [5.41, 5.74) is 6.67. The average molecular weight is 242 g/mol. The van der Waals surface area contributed by atoms with Crippen LogP contribution >= 0.6 is 0 Å². The summed E-state index contributed by atoms with van der Waals surface area (Å²) in [5, 5.41) is 12.1. The van der Waals surface area contributed by atoms with Crippen LogP contribution in [0.5, 0.6) is 0 Å². The number of hydrogen-bond donors (Lipinski definition) is 2. The molecule has 2 heterocycles. The van der Waals surface area contributed by atoms with Crippen molar-refractivity contribution in [3.63, 3.8) is 0 Å². The van der Waals surface area contributed by atoms with E-state index < -0.39 is 0 Å². The van der Waals surface area contributed by atoms with Gasteiger partial charge < -0.3 is 15.6 Å². The second kappa shape index (κ2) is 5.19. The molecule has 0 amide bonds. The molecule has 0 saturated heterocycles. The minimum Gasteiger partial charge on any atom is -0.395 e. The molecule has 0 aliphatic heterocycles. The zero-order valence-corrected chi connectivity index (χ0v) is 10.0. The number of nitriles is 1. The lowest BCUT2D eigenvalue weighted by Gasteiger charge is -2.16. The maximum atomic E-state index is 8.89. The Morgan fingerprint density at radius 2 is 2.39 bits per heavy atom. The molecule has 1 atom stereocenters. The summed E-state index contributed by atoms with van der Waals surface area (Å²) in [4.78, 5) is 8.12. The quantitative estimate of drug-likeness (QED) is 0.841. The van der Waals surface area contributed by atoms with Gasteiger partial charge in [0.05, 0.1) is 17.6 Å². The van der Waals surface area contributed by atoms with E-state index in [1.165, 1.54) is 0 Å². The Kier molecular flexibility index (Phi) is 3.44. The van der Waals surface area contributed by atoms with Gasteiger partial charge in [0, 0.05) is 31.2 Å². The van der Waals surface area contributed by atoms with Crippen molar-refractivity contribution in [3.8, 4) is 6.07 Å². The fourth-order valence-corrected chi connectivity index (χ4v) is 1.68. The number of nitrogen functional groups attached to an aromatic ring is 1. The van der Waals surface area contributed by atoms with E-state index in [1.807, 2.05) is 23.8 Å². The Bertz CT molecular complexity index is 554. The molecule has 0 spiro atoms. The first-order valence-corrected chi connectivity index (χ1v) is 5.57. The number of nitrogens with zero attached hydrogens (tertiary/aromatic N) is 4. The molecule has 0 saturated carbocycles. The number of imidazole rings is 1. The Hall–Kier alpha value is -2.55. The zero-order valence-electron chi connectivity index (χ0n) is 10.0. The molecule has 18 heavy (non-hydrogen) atoms. The topological polar surface area (TPSA) is 92.5 Å². The van der Waals surface area contributed by atoms with E-state index in [0.29, 0.717) is 17.1 Å². The Morgan fingerprint density at radius 1 is 1.56 bits per heavy atom.